The maximum atomic E-state index is 11.9. The number of rotatable bonds is 9. The molecule has 0 fully saturated rings. The first kappa shape index (κ1) is 20.5. The third-order valence-corrected chi connectivity index (χ3v) is 5.33. The number of hydrogen-bond acceptors (Lipinski definition) is 6. The van der Waals surface area contributed by atoms with Crippen molar-refractivity contribution in [2.45, 2.75) is 32.3 Å². The van der Waals surface area contributed by atoms with Crippen LogP contribution in [-0.4, -0.2) is 26.9 Å². The molecule has 0 amide bonds. The van der Waals surface area contributed by atoms with E-state index in [0.717, 1.165) is 0 Å². The second kappa shape index (κ2) is 9.32. The van der Waals surface area contributed by atoms with Crippen LogP contribution in [-0.2, 0) is 20.9 Å². The van der Waals surface area contributed by atoms with Gasteiger partial charge >= 0.3 is 5.97 Å². The summed E-state index contributed by atoms with van der Waals surface area (Å²) in [5.74, 6) is -0.702. The number of carbonyl (C=O) groups is 3. The van der Waals surface area contributed by atoms with Crippen molar-refractivity contribution in [3.8, 4) is 0 Å². The highest BCUT2D eigenvalue weighted by Crippen LogP contribution is 2.22. The largest absolute Gasteiger partial charge is 0.459 e. The molecule has 3 aromatic rings. The Morgan fingerprint density at radius 3 is 2.64 bits per heavy atom. The van der Waals surface area contributed by atoms with Gasteiger partial charge in [0.15, 0.2) is 11.4 Å². The monoisotopic (exact) mass is 438 g/mol. The highest BCUT2D eigenvalue weighted by Gasteiger charge is 2.13. The van der Waals surface area contributed by atoms with E-state index in [2.05, 4.69) is 4.98 Å². The summed E-state index contributed by atoms with van der Waals surface area (Å²) in [5, 5.41) is 2.68. The van der Waals surface area contributed by atoms with Crippen molar-refractivity contribution < 1.29 is 19.1 Å². The highest BCUT2D eigenvalue weighted by atomic mass is 35.5. The zero-order chi connectivity index (χ0) is 20.1. The Labute approximate surface area is 175 Å². The lowest BCUT2D eigenvalue weighted by molar-refractivity contribution is -0.146. The standard InChI is InChI=1S/C19H16Cl2N2O4S/c20-12-8-15(21)19-22-13(10-23(19)9-12)11-27-18(26)6-4-14(24)3-5-16(25)17-2-1-7-28-17/h1-2,7-10H,3-6,11H2. The minimum Gasteiger partial charge on any atom is -0.459 e. The summed E-state index contributed by atoms with van der Waals surface area (Å²) in [7, 11) is 0. The highest BCUT2D eigenvalue weighted by molar-refractivity contribution is 7.12. The second-order valence-corrected chi connectivity index (χ2v) is 7.86. The van der Waals surface area contributed by atoms with Crippen molar-refractivity contribution in [2.75, 3.05) is 0 Å². The van der Waals surface area contributed by atoms with Crippen LogP contribution in [0.5, 0.6) is 0 Å². The molecule has 146 valence electrons. The molecule has 0 aliphatic rings. The summed E-state index contributed by atoms with van der Waals surface area (Å²) in [6.07, 6.45) is 3.60. The number of fused-ring (bicyclic) bond motifs is 1. The van der Waals surface area contributed by atoms with Crippen LogP contribution in [0.3, 0.4) is 0 Å². The van der Waals surface area contributed by atoms with Gasteiger partial charge in [0.1, 0.15) is 12.4 Å². The third kappa shape index (κ3) is 5.41. The van der Waals surface area contributed by atoms with Gasteiger partial charge in [0.2, 0.25) is 0 Å². The van der Waals surface area contributed by atoms with E-state index in [1.54, 1.807) is 35.0 Å². The molecule has 3 heterocycles. The van der Waals surface area contributed by atoms with Gasteiger partial charge < -0.3 is 9.14 Å². The topological polar surface area (TPSA) is 77.7 Å². The number of carbonyl (C=O) groups excluding carboxylic acids is 3. The number of nitrogens with zero attached hydrogens (tertiary/aromatic N) is 2. The first-order valence-corrected chi connectivity index (χ1v) is 10.1. The molecule has 9 heteroatoms. The Kier molecular flexibility index (Phi) is 6.83. The first-order chi connectivity index (χ1) is 13.4. The fraction of sp³-hybridized carbons (Fsp3) is 0.263. The van der Waals surface area contributed by atoms with E-state index in [9.17, 15) is 14.4 Å². The lowest BCUT2D eigenvalue weighted by atomic mass is 10.1. The van der Waals surface area contributed by atoms with E-state index < -0.39 is 5.97 Å². The zero-order valence-electron chi connectivity index (χ0n) is 14.7. The van der Waals surface area contributed by atoms with Gasteiger partial charge in [0.25, 0.3) is 0 Å². The fourth-order valence-electron chi connectivity index (χ4n) is 2.55. The number of aromatic nitrogens is 2. The number of halogens is 2. The number of Topliss-reactive ketones (excluding diaryl/α,β-unsaturated/α-hetero) is 2. The SMILES string of the molecule is O=C(CCC(=O)OCc1cn2cc(Cl)cc(Cl)c2n1)CCC(=O)c1cccs1. The molecule has 0 radical (unpaired) electrons. The van der Waals surface area contributed by atoms with Crippen molar-refractivity contribution >= 4 is 57.7 Å². The second-order valence-electron chi connectivity index (χ2n) is 6.07. The van der Waals surface area contributed by atoms with Gasteiger partial charge in [-0.05, 0) is 17.5 Å². The summed E-state index contributed by atoms with van der Waals surface area (Å²) in [6, 6.07) is 5.10. The minimum atomic E-state index is -0.501. The van der Waals surface area contributed by atoms with Crippen molar-refractivity contribution in [3.63, 3.8) is 0 Å². The Morgan fingerprint density at radius 1 is 1.11 bits per heavy atom. The molecule has 0 saturated carbocycles. The van der Waals surface area contributed by atoms with E-state index >= 15 is 0 Å². The number of imidazole rings is 1. The molecule has 0 unspecified atom stereocenters. The molecule has 3 aromatic heterocycles. The number of ketones is 2. The predicted molar refractivity (Wildman–Crippen MR) is 107 cm³/mol. The number of ether oxygens (including phenoxy) is 1. The Balaban J connectivity index is 1.41. The molecule has 0 bridgehead atoms. The molecule has 0 atom stereocenters. The van der Waals surface area contributed by atoms with Crippen molar-refractivity contribution in [2.24, 2.45) is 0 Å². The first-order valence-electron chi connectivity index (χ1n) is 8.49. The Morgan fingerprint density at radius 2 is 1.89 bits per heavy atom. The lowest BCUT2D eigenvalue weighted by Gasteiger charge is -2.02. The zero-order valence-corrected chi connectivity index (χ0v) is 17.0. The van der Waals surface area contributed by atoms with E-state index in [-0.39, 0.29) is 43.9 Å². The van der Waals surface area contributed by atoms with Crippen LogP contribution in [0.15, 0.2) is 36.0 Å². The van der Waals surface area contributed by atoms with Crippen molar-refractivity contribution in [1.29, 1.82) is 0 Å². The summed E-state index contributed by atoms with van der Waals surface area (Å²) < 4.78 is 6.81. The minimum absolute atomic E-state index is 0.0283. The summed E-state index contributed by atoms with van der Waals surface area (Å²) in [6.45, 7) is -0.0283. The number of thiophene rings is 1. The normalized spacial score (nSPS) is 10.9. The van der Waals surface area contributed by atoms with Crippen LogP contribution in [0.2, 0.25) is 10.0 Å². The molecule has 28 heavy (non-hydrogen) atoms. The molecule has 0 aliphatic heterocycles. The van der Waals surface area contributed by atoms with E-state index in [4.69, 9.17) is 27.9 Å². The molecule has 6 nitrogen and oxygen atoms in total. The molecular formula is C19H16Cl2N2O4S. The smallest absolute Gasteiger partial charge is 0.306 e. The molecule has 3 rings (SSSR count). The number of esters is 1. The van der Waals surface area contributed by atoms with Gasteiger partial charge in [-0.15, -0.1) is 11.3 Å². The molecule has 0 aliphatic carbocycles. The lowest BCUT2D eigenvalue weighted by Crippen LogP contribution is -2.09. The number of pyridine rings is 1. The molecule has 0 saturated heterocycles. The fourth-order valence-corrected chi connectivity index (χ4v) is 3.77. The van der Waals surface area contributed by atoms with E-state index in [1.165, 1.54) is 11.3 Å². The van der Waals surface area contributed by atoms with E-state index in [1.807, 2.05) is 5.38 Å². The third-order valence-electron chi connectivity index (χ3n) is 3.94. The molecule has 0 N–H and O–H groups in total. The summed E-state index contributed by atoms with van der Waals surface area (Å²) in [4.78, 5) is 40.5. The van der Waals surface area contributed by atoms with Crippen LogP contribution in [0.4, 0.5) is 0 Å². The Hall–Kier alpha value is -2.22. The molecule has 0 aromatic carbocycles. The quantitative estimate of drug-likeness (QED) is 0.355. The van der Waals surface area contributed by atoms with Gasteiger partial charge in [-0.2, -0.15) is 0 Å². The maximum Gasteiger partial charge on any atom is 0.306 e. The molecular weight excluding hydrogens is 423 g/mol. The molecule has 0 spiro atoms. The average Bonchev–Trinajstić information content (AvgIpc) is 3.32. The van der Waals surface area contributed by atoms with Crippen LogP contribution in [0.1, 0.15) is 41.0 Å². The van der Waals surface area contributed by atoms with Crippen molar-refractivity contribution in [3.05, 3.63) is 56.6 Å². The van der Waals surface area contributed by atoms with Crippen LogP contribution in [0, 0.1) is 0 Å². The van der Waals surface area contributed by atoms with Crippen molar-refractivity contribution in [1.82, 2.24) is 9.38 Å². The van der Waals surface area contributed by atoms with E-state index in [0.29, 0.717) is 26.3 Å². The van der Waals surface area contributed by atoms with Gasteiger partial charge in [0, 0.05) is 31.7 Å². The maximum absolute atomic E-state index is 11.9. The van der Waals surface area contributed by atoms with Crippen LogP contribution >= 0.6 is 34.5 Å². The predicted octanol–water partition coefficient (Wildman–Crippen LogP) is 4.76. The Bertz CT molecular complexity index is 1010. The van der Waals surface area contributed by atoms with Gasteiger partial charge in [0.05, 0.1) is 27.0 Å². The van der Waals surface area contributed by atoms with Crippen LogP contribution < -0.4 is 0 Å². The van der Waals surface area contributed by atoms with Gasteiger partial charge in [-0.1, -0.05) is 29.3 Å². The van der Waals surface area contributed by atoms with Crippen LogP contribution in [0.25, 0.3) is 5.65 Å². The van der Waals surface area contributed by atoms with Gasteiger partial charge in [-0.25, -0.2) is 4.98 Å². The number of hydrogen-bond donors (Lipinski definition) is 0. The average molecular weight is 439 g/mol. The summed E-state index contributed by atoms with van der Waals surface area (Å²) in [5.41, 5.74) is 1.04. The van der Waals surface area contributed by atoms with Gasteiger partial charge in [-0.3, -0.25) is 14.4 Å². The summed E-state index contributed by atoms with van der Waals surface area (Å²) >= 11 is 13.4.